The second kappa shape index (κ2) is 6.49. The Bertz CT molecular complexity index is 162. The van der Waals surface area contributed by atoms with Crippen molar-refractivity contribution in [3.8, 4) is 0 Å². The van der Waals surface area contributed by atoms with E-state index in [0.717, 1.165) is 25.0 Å². The minimum absolute atomic E-state index is 0.670. The van der Waals surface area contributed by atoms with E-state index in [1.165, 1.54) is 25.7 Å². The van der Waals surface area contributed by atoms with E-state index in [0.29, 0.717) is 6.04 Å². The van der Waals surface area contributed by atoms with Crippen LogP contribution in [0.5, 0.6) is 0 Å². The maximum Gasteiger partial charge on any atom is 0.0192 e. The fourth-order valence-electron chi connectivity index (χ4n) is 2.51. The van der Waals surface area contributed by atoms with Gasteiger partial charge in [-0.3, -0.25) is 4.90 Å². The van der Waals surface area contributed by atoms with E-state index in [2.05, 4.69) is 38.0 Å². The van der Waals surface area contributed by atoms with Gasteiger partial charge in [0, 0.05) is 18.6 Å². The number of rotatable bonds is 5. The topological polar surface area (TPSA) is 15.3 Å². The van der Waals surface area contributed by atoms with Crippen LogP contribution in [-0.4, -0.2) is 37.1 Å². The highest BCUT2D eigenvalue weighted by atomic mass is 15.2. The molecule has 0 amide bonds. The molecule has 1 aliphatic rings. The van der Waals surface area contributed by atoms with Gasteiger partial charge in [-0.2, -0.15) is 0 Å². The van der Waals surface area contributed by atoms with Crippen LogP contribution < -0.4 is 5.32 Å². The van der Waals surface area contributed by atoms with Crippen LogP contribution >= 0.6 is 0 Å². The van der Waals surface area contributed by atoms with Crippen molar-refractivity contribution in [1.29, 1.82) is 0 Å². The van der Waals surface area contributed by atoms with Crippen molar-refractivity contribution in [2.45, 2.75) is 58.5 Å². The molecule has 90 valence electrons. The molecule has 0 bridgehead atoms. The molecule has 1 unspecified atom stereocenters. The Kier molecular flexibility index (Phi) is 5.62. The Balaban J connectivity index is 2.29. The van der Waals surface area contributed by atoms with Crippen molar-refractivity contribution >= 4 is 0 Å². The average molecular weight is 212 g/mol. The van der Waals surface area contributed by atoms with Crippen molar-refractivity contribution in [2.75, 3.05) is 20.1 Å². The lowest BCUT2D eigenvalue weighted by atomic mass is 9.86. The standard InChI is InChI=1S/C13H28N2/c1-5-14-10-12(3)15(4)13-8-6-11(2)7-9-13/h11-14H,5-10H2,1-4H3. The Labute approximate surface area is 95.4 Å². The second-order valence-electron chi connectivity index (χ2n) is 5.24. The first-order valence-corrected chi connectivity index (χ1v) is 6.57. The van der Waals surface area contributed by atoms with E-state index in [4.69, 9.17) is 0 Å². The van der Waals surface area contributed by atoms with Crippen molar-refractivity contribution in [1.82, 2.24) is 10.2 Å². The van der Waals surface area contributed by atoms with Gasteiger partial charge in [0.25, 0.3) is 0 Å². The smallest absolute Gasteiger partial charge is 0.0192 e. The third-order valence-electron chi connectivity index (χ3n) is 3.95. The molecule has 0 radical (unpaired) electrons. The Morgan fingerprint density at radius 3 is 2.40 bits per heavy atom. The number of likely N-dealkylation sites (N-methyl/N-ethyl adjacent to an activating group) is 2. The summed E-state index contributed by atoms with van der Waals surface area (Å²) in [5.74, 6) is 0.957. The Morgan fingerprint density at radius 1 is 1.27 bits per heavy atom. The number of nitrogens with zero attached hydrogens (tertiary/aromatic N) is 1. The number of hydrogen-bond acceptors (Lipinski definition) is 2. The van der Waals surface area contributed by atoms with Gasteiger partial charge in [0.1, 0.15) is 0 Å². The van der Waals surface area contributed by atoms with Gasteiger partial charge in [-0.05, 0) is 52.1 Å². The number of hydrogen-bond donors (Lipinski definition) is 1. The van der Waals surface area contributed by atoms with Crippen LogP contribution in [0, 0.1) is 5.92 Å². The summed E-state index contributed by atoms with van der Waals surface area (Å²) in [7, 11) is 2.29. The molecule has 0 aromatic rings. The van der Waals surface area contributed by atoms with Crippen LogP contribution in [0.15, 0.2) is 0 Å². The van der Waals surface area contributed by atoms with Crippen LogP contribution in [-0.2, 0) is 0 Å². The maximum atomic E-state index is 3.44. The zero-order chi connectivity index (χ0) is 11.3. The van der Waals surface area contributed by atoms with Crippen molar-refractivity contribution in [2.24, 2.45) is 5.92 Å². The summed E-state index contributed by atoms with van der Waals surface area (Å²) in [5, 5.41) is 3.44. The van der Waals surface area contributed by atoms with E-state index < -0.39 is 0 Å². The predicted molar refractivity (Wildman–Crippen MR) is 67.2 cm³/mol. The molecule has 1 fully saturated rings. The summed E-state index contributed by atoms with van der Waals surface area (Å²) in [5.41, 5.74) is 0. The quantitative estimate of drug-likeness (QED) is 0.753. The van der Waals surface area contributed by atoms with E-state index in [1.54, 1.807) is 0 Å². The fraction of sp³-hybridized carbons (Fsp3) is 1.00. The molecule has 0 spiro atoms. The molecule has 1 aliphatic carbocycles. The third kappa shape index (κ3) is 4.12. The SMILES string of the molecule is CCNCC(C)N(C)C1CCC(C)CC1. The summed E-state index contributed by atoms with van der Waals surface area (Å²) in [6.45, 7) is 9.10. The molecule has 0 aromatic carbocycles. The lowest BCUT2D eigenvalue weighted by Gasteiger charge is -2.37. The molecule has 1 rings (SSSR count). The van der Waals surface area contributed by atoms with Crippen molar-refractivity contribution in [3.05, 3.63) is 0 Å². The van der Waals surface area contributed by atoms with Crippen molar-refractivity contribution in [3.63, 3.8) is 0 Å². The largest absolute Gasteiger partial charge is 0.315 e. The minimum Gasteiger partial charge on any atom is -0.315 e. The molecule has 15 heavy (non-hydrogen) atoms. The van der Waals surface area contributed by atoms with Gasteiger partial charge in [0.2, 0.25) is 0 Å². The Hall–Kier alpha value is -0.0800. The van der Waals surface area contributed by atoms with Crippen LogP contribution in [0.3, 0.4) is 0 Å². The monoisotopic (exact) mass is 212 g/mol. The Morgan fingerprint density at radius 2 is 1.87 bits per heavy atom. The molecule has 0 heterocycles. The first-order chi connectivity index (χ1) is 7.15. The zero-order valence-corrected chi connectivity index (χ0v) is 10.9. The lowest BCUT2D eigenvalue weighted by molar-refractivity contribution is 0.130. The molecule has 0 saturated heterocycles. The molecule has 2 nitrogen and oxygen atoms in total. The minimum atomic E-state index is 0.670. The van der Waals surface area contributed by atoms with Gasteiger partial charge in [0.15, 0.2) is 0 Å². The van der Waals surface area contributed by atoms with E-state index >= 15 is 0 Å². The summed E-state index contributed by atoms with van der Waals surface area (Å²) < 4.78 is 0. The van der Waals surface area contributed by atoms with Crippen molar-refractivity contribution < 1.29 is 0 Å². The molecular formula is C13H28N2. The summed E-state index contributed by atoms with van der Waals surface area (Å²) in [4.78, 5) is 2.58. The first kappa shape index (κ1) is 13.0. The summed E-state index contributed by atoms with van der Waals surface area (Å²) in [6.07, 6.45) is 5.63. The van der Waals surface area contributed by atoms with E-state index in [-0.39, 0.29) is 0 Å². The second-order valence-corrected chi connectivity index (χ2v) is 5.24. The maximum absolute atomic E-state index is 3.44. The number of nitrogens with one attached hydrogen (secondary N) is 1. The van der Waals surface area contributed by atoms with E-state index in [1.807, 2.05) is 0 Å². The van der Waals surface area contributed by atoms with Gasteiger partial charge in [-0.15, -0.1) is 0 Å². The molecule has 0 aromatic heterocycles. The van der Waals surface area contributed by atoms with Gasteiger partial charge in [-0.1, -0.05) is 13.8 Å². The van der Waals surface area contributed by atoms with E-state index in [9.17, 15) is 0 Å². The van der Waals surface area contributed by atoms with Crippen LogP contribution in [0.25, 0.3) is 0 Å². The summed E-state index contributed by atoms with van der Waals surface area (Å²) >= 11 is 0. The molecule has 1 N–H and O–H groups in total. The van der Waals surface area contributed by atoms with Crippen LogP contribution in [0.4, 0.5) is 0 Å². The summed E-state index contributed by atoms with van der Waals surface area (Å²) in [6, 6.07) is 1.50. The predicted octanol–water partition coefficient (Wildman–Crippen LogP) is 2.49. The molecular weight excluding hydrogens is 184 g/mol. The van der Waals surface area contributed by atoms with Gasteiger partial charge in [0.05, 0.1) is 0 Å². The van der Waals surface area contributed by atoms with Crippen LogP contribution in [0.1, 0.15) is 46.5 Å². The highest BCUT2D eigenvalue weighted by Crippen LogP contribution is 2.27. The normalized spacial score (nSPS) is 29.4. The lowest BCUT2D eigenvalue weighted by Crippen LogP contribution is -2.45. The van der Waals surface area contributed by atoms with Crippen LogP contribution in [0.2, 0.25) is 0 Å². The molecule has 2 heteroatoms. The highest BCUT2D eigenvalue weighted by molar-refractivity contribution is 4.80. The first-order valence-electron chi connectivity index (χ1n) is 6.57. The zero-order valence-electron chi connectivity index (χ0n) is 10.9. The average Bonchev–Trinajstić information content (AvgIpc) is 2.26. The van der Waals surface area contributed by atoms with Gasteiger partial charge in [-0.25, -0.2) is 0 Å². The molecule has 0 aliphatic heterocycles. The fourth-order valence-corrected chi connectivity index (χ4v) is 2.51. The highest BCUT2D eigenvalue weighted by Gasteiger charge is 2.24. The van der Waals surface area contributed by atoms with Gasteiger partial charge >= 0.3 is 0 Å². The molecule has 1 atom stereocenters. The third-order valence-corrected chi connectivity index (χ3v) is 3.95. The molecule has 1 saturated carbocycles. The van der Waals surface area contributed by atoms with Gasteiger partial charge < -0.3 is 5.32 Å².